The van der Waals surface area contributed by atoms with Crippen LogP contribution in [0, 0.1) is 0 Å². The maximum atomic E-state index is 5.92. The van der Waals surface area contributed by atoms with Crippen LogP contribution >= 0.6 is 22.9 Å². The minimum absolute atomic E-state index is 0.334. The van der Waals surface area contributed by atoms with Crippen LogP contribution in [0.5, 0.6) is 5.75 Å². The topological polar surface area (TPSA) is 21.3 Å². The molecule has 0 bridgehead atoms. The molecule has 2 aromatic rings. The lowest BCUT2D eigenvalue weighted by Gasteiger charge is -2.14. The summed E-state index contributed by atoms with van der Waals surface area (Å²) in [5.74, 6) is 0.927. The fourth-order valence-electron chi connectivity index (χ4n) is 2.04. The lowest BCUT2D eigenvalue weighted by Crippen LogP contribution is -2.21. The molecule has 0 amide bonds. The first-order valence-electron chi connectivity index (χ1n) is 6.89. The van der Waals surface area contributed by atoms with E-state index in [0.29, 0.717) is 12.6 Å². The molecular formula is C16H20ClNOS. The van der Waals surface area contributed by atoms with Crippen LogP contribution in [-0.2, 0) is 6.42 Å². The Labute approximate surface area is 129 Å². The van der Waals surface area contributed by atoms with Gasteiger partial charge >= 0.3 is 0 Å². The van der Waals surface area contributed by atoms with Gasteiger partial charge in [0.25, 0.3) is 0 Å². The molecule has 4 heteroatoms. The number of thiophene rings is 1. The van der Waals surface area contributed by atoms with Crippen LogP contribution in [-0.4, -0.2) is 13.2 Å². The Bertz CT molecular complexity index is 524. The van der Waals surface area contributed by atoms with Crippen LogP contribution in [0.15, 0.2) is 36.4 Å². The maximum absolute atomic E-state index is 5.92. The molecule has 0 aliphatic carbocycles. The highest BCUT2D eigenvalue weighted by Crippen LogP contribution is 2.22. The minimum atomic E-state index is 0.334. The summed E-state index contributed by atoms with van der Waals surface area (Å²) in [4.78, 5) is 1.32. The third kappa shape index (κ3) is 4.51. The average molecular weight is 310 g/mol. The van der Waals surface area contributed by atoms with Gasteiger partial charge < -0.3 is 10.1 Å². The van der Waals surface area contributed by atoms with Gasteiger partial charge in [0, 0.05) is 17.5 Å². The molecule has 1 unspecified atom stereocenters. The van der Waals surface area contributed by atoms with Crippen molar-refractivity contribution in [1.82, 2.24) is 5.32 Å². The summed E-state index contributed by atoms with van der Waals surface area (Å²) in [6, 6.07) is 12.7. The summed E-state index contributed by atoms with van der Waals surface area (Å²) >= 11 is 7.58. The quantitative estimate of drug-likeness (QED) is 0.801. The highest BCUT2D eigenvalue weighted by Gasteiger charge is 2.05. The Kier molecular flexibility index (Phi) is 5.89. The van der Waals surface area contributed by atoms with E-state index in [0.717, 1.165) is 23.1 Å². The van der Waals surface area contributed by atoms with Crippen LogP contribution in [0.25, 0.3) is 0 Å². The fourth-order valence-corrected chi connectivity index (χ4v) is 3.12. The van der Waals surface area contributed by atoms with E-state index in [2.05, 4.69) is 30.4 Å². The molecular weight excluding hydrogens is 290 g/mol. The molecule has 0 saturated heterocycles. The van der Waals surface area contributed by atoms with Crippen LogP contribution in [0.3, 0.4) is 0 Å². The molecule has 1 atom stereocenters. The third-order valence-corrected chi connectivity index (χ3v) is 4.43. The van der Waals surface area contributed by atoms with Gasteiger partial charge in [-0.3, -0.25) is 0 Å². The first-order valence-corrected chi connectivity index (χ1v) is 8.09. The maximum Gasteiger partial charge on any atom is 0.119 e. The molecule has 20 heavy (non-hydrogen) atoms. The number of ether oxygens (including phenoxy) is 1. The molecule has 0 radical (unpaired) electrons. The second-order valence-electron chi connectivity index (χ2n) is 4.63. The monoisotopic (exact) mass is 309 g/mol. The van der Waals surface area contributed by atoms with Crippen molar-refractivity contribution in [2.45, 2.75) is 26.3 Å². The number of hydrogen-bond donors (Lipinski definition) is 1. The zero-order chi connectivity index (χ0) is 14.4. The van der Waals surface area contributed by atoms with Gasteiger partial charge in [0.05, 0.1) is 10.9 Å². The highest BCUT2D eigenvalue weighted by atomic mass is 35.5. The van der Waals surface area contributed by atoms with Gasteiger partial charge in [-0.1, -0.05) is 23.7 Å². The van der Waals surface area contributed by atoms with Crippen LogP contribution in [0.4, 0.5) is 0 Å². The molecule has 1 heterocycles. The number of rotatable bonds is 7. The molecule has 0 aliphatic rings. The number of nitrogens with one attached hydrogen (secondary N) is 1. The van der Waals surface area contributed by atoms with Crippen molar-refractivity contribution in [3.05, 3.63) is 51.2 Å². The minimum Gasteiger partial charge on any atom is -0.494 e. The molecule has 2 nitrogen and oxygen atoms in total. The largest absolute Gasteiger partial charge is 0.494 e. The lowest BCUT2D eigenvalue weighted by molar-refractivity contribution is 0.340. The zero-order valence-electron chi connectivity index (χ0n) is 11.9. The van der Waals surface area contributed by atoms with Crippen molar-refractivity contribution in [2.75, 3.05) is 13.2 Å². The van der Waals surface area contributed by atoms with E-state index in [1.165, 1.54) is 10.4 Å². The lowest BCUT2D eigenvalue weighted by atomic mass is 10.1. The van der Waals surface area contributed by atoms with Gasteiger partial charge in [0.15, 0.2) is 0 Å². The number of halogens is 1. The van der Waals surface area contributed by atoms with Gasteiger partial charge in [-0.25, -0.2) is 0 Å². The van der Waals surface area contributed by atoms with Gasteiger partial charge in [0.1, 0.15) is 5.75 Å². The van der Waals surface area contributed by atoms with Crippen molar-refractivity contribution >= 4 is 22.9 Å². The summed E-state index contributed by atoms with van der Waals surface area (Å²) in [5.41, 5.74) is 1.28. The molecule has 108 valence electrons. The van der Waals surface area contributed by atoms with Crippen molar-refractivity contribution in [3.63, 3.8) is 0 Å². The molecule has 1 aromatic heterocycles. The molecule has 2 rings (SSSR count). The van der Waals surface area contributed by atoms with Crippen molar-refractivity contribution in [3.8, 4) is 5.75 Å². The number of hydrogen-bond acceptors (Lipinski definition) is 3. The van der Waals surface area contributed by atoms with E-state index >= 15 is 0 Å². The van der Waals surface area contributed by atoms with E-state index in [-0.39, 0.29) is 0 Å². The standard InChI is InChI=1S/C16H20ClNOS/c1-3-19-14-6-4-13(5-7-14)12(2)18-11-10-15-8-9-16(17)20-15/h4-9,12,18H,3,10-11H2,1-2H3. The summed E-state index contributed by atoms with van der Waals surface area (Å²) in [5, 5.41) is 3.53. The molecule has 0 spiro atoms. The van der Waals surface area contributed by atoms with E-state index in [1.807, 2.05) is 25.1 Å². The summed E-state index contributed by atoms with van der Waals surface area (Å²) in [7, 11) is 0. The molecule has 0 aliphatic heterocycles. The highest BCUT2D eigenvalue weighted by molar-refractivity contribution is 7.16. The smallest absolute Gasteiger partial charge is 0.119 e. The Hall–Kier alpha value is -1.03. The fraction of sp³-hybridized carbons (Fsp3) is 0.375. The summed E-state index contributed by atoms with van der Waals surface area (Å²) in [6.07, 6.45) is 1.01. The molecule has 1 N–H and O–H groups in total. The molecule has 1 aromatic carbocycles. The van der Waals surface area contributed by atoms with Crippen LogP contribution in [0.2, 0.25) is 4.34 Å². The first kappa shape index (κ1) is 15.4. The third-order valence-electron chi connectivity index (χ3n) is 3.14. The Morgan fingerprint density at radius 1 is 1.20 bits per heavy atom. The first-order chi connectivity index (χ1) is 9.69. The van der Waals surface area contributed by atoms with E-state index in [4.69, 9.17) is 16.3 Å². The van der Waals surface area contributed by atoms with Crippen LogP contribution < -0.4 is 10.1 Å². The second kappa shape index (κ2) is 7.67. The second-order valence-corrected chi connectivity index (χ2v) is 6.43. The molecule has 0 saturated carbocycles. The van der Waals surface area contributed by atoms with Gasteiger partial charge in [-0.05, 0) is 50.1 Å². The SMILES string of the molecule is CCOc1ccc(C(C)NCCc2ccc(Cl)s2)cc1. The van der Waals surface area contributed by atoms with E-state index < -0.39 is 0 Å². The predicted molar refractivity (Wildman–Crippen MR) is 87.1 cm³/mol. The molecule has 0 fully saturated rings. The van der Waals surface area contributed by atoms with E-state index in [1.54, 1.807) is 11.3 Å². The van der Waals surface area contributed by atoms with E-state index in [9.17, 15) is 0 Å². The average Bonchev–Trinajstić information content (AvgIpc) is 2.85. The van der Waals surface area contributed by atoms with Crippen molar-refractivity contribution in [2.24, 2.45) is 0 Å². The predicted octanol–water partition coefficient (Wildman–Crippen LogP) is 4.69. The van der Waals surface area contributed by atoms with Crippen molar-refractivity contribution in [1.29, 1.82) is 0 Å². The number of benzene rings is 1. The Balaban J connectivity index is 1.80. The van der Waals surface area contributed by atoms with Gasteiger partial charge in [-0.2, -0.15) is 0 Å². The van der Waals surface area contributed by atoms with Crippen molar-refractivity contribution < 1.29 is 4.74 Å². The normalized spacial score (nSPS) is 12.3. The summed E-state index contributed by atoms with van der Waals surface area (Å²) < 4.78 is 6.31. The summed E-state index contributed by atoms with van der Waals surface area (Å²) in [6.45, 7) is 5.83. The zero-order valence-corrected chi connectivity index (χ0v) is 13.4. The Morgan fingerprint density at radius 3 is 2.55 bits per heavy atom. The van der Waals surface area contributed by atoms with Crippen LogP contribution in [0.1, 0.15) is 30.3 Å². The Morgan fingerprint density at radius 2 is 1.95 bits per heavy atom. The van der Waals surface area contributed by atoms with Gasteiger partial charge in [-0.15, -0.1) is 11.3 Å². The van der Waals surface area contributed by atoms with Gasteiger partial charge in [0.2, 0.25) is 0 Å².